The fraction of sp³-hybridized carbons (Fsp3) is 0.500. The van der Waals surface area contributed by atoms with Gasteiger partial charge in [-0.1, -0.05) is 11.6 Å². The summed E-state index contributed by atoms with van der Waals surface area (Å²) in [6.45, 7) is 3.21. The maximum atomic E-state index is 12.8. The number of hydrogen-bond donors (Lipinski definition) is 2. The fourth-order valence-corrected chi connectivity index (χ4v) is 4.53. The first kappa shape index (κ1) is 17.2. The molecule has 0 aliphatic carbocycles. The van der Waals surface area contributed by atoms with Gasteiger partial charge in [-0.2, -0.15) is 4.31 Å². The molecule has 122 valence electrons. The lowest BCUT2D eigenvalue weighted by molar-refractivity contribution is -0.147. The topological polar surface area (TPSA) is 94.9 Å². The van der Waals surface area contributed by atoms with Crippen LogP contribution in [0.1, 0.15) is 17.5 Å². The Morgan fingerprint density at radius 3 is 2.55 bits per heavy atom. The third-order valence-electron chi connectivity index (χ3n) is 3.93. The number of sulfonamides is 1. The zero-order valence-corrected chi connectivity index (χ0v) is 13.9. The number of aliphatic hydroxyl groups excluding tert-OH is 1. The van der Waals surface area contributed by atoms with Gasteiger partial charge in [0.1, 0.15) is 0 Å². The SMILES string of the molecule is Cc1cc(S(=O)(=O)N2CC[C@@H](O)[C@@H](C(=O)O)C2)c(C)cc1Cl. The molecule has 1 aliphatic heterocycles. The molecule has 6 nitrogen and oxygen atoms in total. The van der Waals surface area contributed by atoms with Gasteiger partial charge in [0.05, 0.1) is 16.9 Å². The molecule has 1 aromatic rings. The monoisotopic (exact) mass is 347 g/mol. The van der Waals surface area contributed by atoms with Gasteiger partial charge >= 0.3 is 5.97 Å². The Balaban J connectivity index is 2.39. The molecule has 0 aromatic heterocycles. The van der Waals surface area contributed by atoms with E-state index in [2.05, 4.69) is 0 Å². The van der Waals surface area contributed by atoms with Crippen LogP contribution in [0.4, 0.5) is 0 Å². The van der Waals surface area contributed by atoms with Gasteiger partial charge in [0.15, 0.2) is 0 Å². The number of aliphatic carboxylic acids is 1. The average molecular weight is 348 g/mol. The van der Waals surface area contributed by atoms with E-state index in [9.17, 15) is 18.3 Å². The standard InChI is InChI=1S/C14H18ClNO5S/c1-8-6-13(9(2)5-11(8)15)22(20,21)16-4-3-12(17)10(7-16)14(18)19/h5-6,10,12,17H,3-4,7H2,1-2H3,(H,18,19)/t10-,12+/m0/s1. The van der Waals surface area contributed by atoms with E-state index in [1.807, 2.05) is 0 Å². The lowest BCUT2D eigenvalue weighted by Crippen LogP contribution is -2.48. The maximum absolute atomic E-state index is 12.8. The van der Waals surface area contributed by atoms with E-state index in [1.165, 1.54) is 6.07 Å². The van der Waals surface area contributed by atoms with Gasteiger partial charge in [-0.15, -0.1) is 0 Å². The van der Waals surface area contributed by atoms with Crippen molar-refractivity contribution < 1.29 is 23.4 Å². The molecule has 2 rings (SSSR count). The Labute approximate surface area is 134 Å². The normalized spacial score (nSPS) is 23.5. The van der Waals surface area contributed by atoms with E-state index in [0.717, 1.165) is 4.31 Å². The van der Waals surface area contributed by atoms with Crippen molar-refractivity contribution >= 4 is 27.6 Å². The number of nitrogens with zero attached hydrogens (tertiary/aromatic N) is 1. The number of halogens is 1. The summed E-state index contributed by atoms with van der Waals surface area (Å²) in [6, 6.07) is 3.07. The maximum Gasteiger partial charge on any atom is 0.310 e. The Morgan fingerprint density at radius 1 is 1.32 bits per heavy atom. The average Bonchev–Trinajstić information content (AvgIpc) is 2.42. The number of piperidine rings is 1. The van der Waals surface area contributed by atoms with Crippen LogP contribution >= 0.6 is 11.6 Å². The highest BCUT2D eigenvalue weighted by Gasteiger charge is 2.38. The van der Waals surface area contributed by atoms with Gasteiger partial charge in [0.2, 0.25) is 10.0 Å². The Kier molecular flexibility index (Phi) is 4.81. The zero-order valence-electron chi connectivity index (χ0n) is 12.3. The summed E-state index contributed by atoms with van der Waals surface area (Å²) >= 11 is 5.99. The first-order chi connectivity index (χ1) is 10.1. The van der Waals surface area contributed by atoms with E-state index in [0.29, 0.717) is 16.1 Å². The molecular formula is C14H18ClNO5S. The molecule has 0 spiro atoms. The van der Waals surface area contributed by atoms with Crippen LogP contribution in [0.25, 0.3) is 0 Å². The zero-order chi connectivity index (χ0) is 16.7. The number of carbonyl (C=O) groups is 1. The lowest BCUT2D eigenvalue weighted by Gasteiger charge is -2.33. The first-order valence-corrected chi connectivity index (χ1v) is 8.64. The van der Waals surface area contributed by atoms with Crippen molar-refractivity contribution in [3.8, 4) is 0 Å². The lowest BCUT2D eigenvalue weighted by atomic mass is 9.96. The number of hydrogen-bond acceptors (Lipinski definition) is 4. The molecule has 0 unspecified atom stereocenters. The molecule has 0 bridgehead atoms. The molecule has 0 radical (unpaired) electrons. The number of rotatable bonds is 3. The van der Waals surface area contributed by atoms with Gasteiger partial charge in [-0.25, -0.2) is 8.42 Å². The highest BCUT2D eigenvalue weighted by molar-refractivity contribution is 7.89. The molecule has 1 saturated heterocycles. The van der Waals surface area contributed by atoms with E-state index in [-0.39, 0.29) is 24.4 Å². The molecule has 22 heavy (non-hydrogen) atoms. The highest BCUT2D eigenvalue weighted by atomic mass is 35.5. The second-order valence-corrected chi connectivity index (χ2v) is 7.84. The van der Waals surface area contributed by atoms with E-state index >= 15 is 0 Å². The largest absolute Gasteiger partial charge is 0.481 e. The van der Waals surface area contributed by atoms with Crippen molar-refractivity contribution in [3.63, 3.8) is 0 Å². The third-order valence-corrected chi connectivity index (χ3v) is 6.34. The molecule has 1 heterocycles. The molecule has 1 aromatic carbocycles. The second-order valence-electron chi connectivity index (χ2n) is 5.53. The molecule has 8 heteroatoms. The summed E-state index contributed by atoms with van der Waals surface area (Å²) in [5.41, 5.74) is 1.14. The van der Waals surface area contributed by atoms with Crippen LogP contribution in [0.3, 0.4) is 0 Å². The number of aliphatic hydroxyl groups is 1. The minimum atomic E-state index is -3.82. The van der Waals surface area contributed by atoms with Crippen molar-refractivity contribution in [2.75, 3.05) is 13.1 Å². The number of benzene rings is 1. The highest BCUT2D eigenvalue weighted by Crippen LogP contribution is 2.29. The van der Waals surface area contributed by atoms with Gasteiger partial charge in [-0.3, -0.25) is 4.79 Å². The van der Waals surface area contributed by atoms with Crippen LogP contribution in [-0.4, -0.2) is 48.1 Å². The van der Waals surface area contributed by atoms with Crippen LogP contribution in [0.2, 0.25) is 5.02 Å². The van der Waals surface area contributed by atoms with Crippen LogP contribution in [0.15, 0.2) is 17.0 Å². The number of aryl methyl sites for hydroxylation is 2. The van der Waals surface area contributed by atoms with Crippen molar-refractivity contribution in [2.45, 2.75) is 31.3 Å². The van der Waals surface area contributed by atoms with Gasteiger partial charge in [-0.05, 0) is 43.5 Å². The molecule has 2 atom stereocenters. The molecule has 1 fully saturated rings. The Hall–Kier alpha value is -1.15. The molecule has 1 aliphatic rings. The van der Waals surface area contributed by atoms with E-state index < -0.39 is 28.0 Å². The first-order valence-electron chi connectivity index (χ1n) is 6.82. The molecule has 0 amide bonds. The summed E-state index contributed by atoms with van der Waals surface area (Å²) < 4.78 is 26.6. The Bertz CT molecular complexity index is 703. The molecule has 0 saturated carbocycles. The summed E-state index contributed by atoms with van der Waals surface area (Å²) in [7, 11) is -3.82. The van der Waals surface area contributed by atoms with Gasteiger partial charge < -0.3 is 10.2 Å². The van der Waals surface area contributed by atoms with Gasteiger partial charge in [0, 0.05) is 18.1 Å². The van der Waals surface area contributed by atoms with Crippen LogP contribution in [0.5, 0.6) is 0 Å². The predicted molar refractivity (Wildman–Crippen MR) is 81.4 cm³/mol. The minimum Gasteiger partial charge on any atom is -0.481 e. The predicted octanol–water partition coefficient (Wildman–Crippen LogP) is 1.41. The number of carboxylic acids is 1. The molecular weight excluding hydrogens is 330 g/mol. The summed E-state index contributed by atoms with van der Waals surface area (Å²) in [4.78, 5) is 11.3. The van der Waals surface area contributed by atoms with E-state index in [4.69, 9.17) is 16.7 Å². The van der Waals surface area contributed by atoms with Crippen molar-refractivity contribution in [2.24, 2.45) is 5.92 Å². The van der Waals surface area contributed by atoms with Gasteiger partial charge in [0.25, 0.3) is 0 Å². The smallest absolute Gasteiger partial charge is 0.310 e. The van der Waals surface area contributed by atoms with Crippen LogP contribution < -0.4 is 0 Å². The minimum absolute atomic E-state index is 0.0917. The van der Waals surface area contributed by atoms with Crippen molar-refractivity contribution in [1.82, 2.24) is 4.31 Å². The number of carboxylic acid groups (broad SMARTS) is 1. The fourth-order valence-electron chi connectivity index (χ4n) is 2.54. The van der Waals surface area contributed by atoms with Crippen LogP contribution in [0, 0.1) is 19.8 Å². The van der Waals surface area contributed by atoms with E-state index in [1.54, 1.807) is 19.9 Å². The van der Waals surface area contributed by atoms with Crippen molar-refractivity contribution in [3.05, 3.63) is 28.3 Å². The quantitative estimate of drug-likeness (QED) is 0.862. The van der Waals surface area contributed by atoms with Crippen LogP contribution in [-0.2, 0) is 14.8 Å². The summed E-state index contributed by atoms with van der Waals surface area (Å²) in [5.74, 6) is -2.31. The Morgan fingerprint density at radius 2 is 1.95 bits per heavy atom. The summed E-state index contributed by atoms with van der Waals surface area (Å²) in [5, 5.41) is 19.3. The molecule has 2 N–H and O–H groups in total. The second kappa shape index (κ2) is 6.16. The van der Waals surface area contributed by atoms with Crippen molar-refractivity contribution in [1.29, 1.82) is 0 Å². The third kappa shape index (κ3) is 3.12. The summed E-state index contributed by atoms with van der Waals surface area (Å²) in [6.07, 6.45) is -0.932.